The summed E-state index contributed by atoms with van der Waals surface area (Å²) in [6.07, 6.45) is 1.25. The monoisotopic (exact) mass is 307 g/mol. The summed E-state index contributed by atoms with van der Waals surface area (Å²) in [5, 5.41) is 10.1. The first-order valence-electron chi connectivity index (χ1n) is 7.94. The molecule has 0 aliphatic carbocycles. The van der Waals surface area contributed by atoms with Crippen molar-refractivity contribution in [2.24, 2.45) is 5.92 Å². The molecular weight excluding hydrogens is 282 g/mol. The fraction of sp³-hybridized carbons (Fsp3) is 0.588. The van der Waals surface area contributed by atoms with Crippen LogP contribution in [-0.2, 0) is 9.53 Å². The van der Waals surface area contributed by atoms with Crippen LogP contribution in [0.4, 0.5) is 0 Å². The Bertz CT molecular complexity index is 451. The molecular formula is C17H25NO4. The van der Waals surface area contributed by atoms with Gasteiger partial charge in [-0.15, -0.1) is 0 Å². The van der Waals surface area contributed by atoms with Crippen LogP contribution in [0.3, 0.4) is 0 Å². The standard InChI is InChI=1S/C17H25NO4/c1-2-21-17(20)14-7-6-10-18(11-14)12-15(19)13-22-16-8-4-3-5-9-16/h3-5,8-9,14-15,19H,2,6-7,10-13H2,1H3/t14-,15+/m1/s1. The number of carbonyl (C=O) groups is 1. The molecule has 1 saturated heterocycles. The van der Waals surface area contributed by atoms with Crippen molar-refractivity contribution in [1.29, 1.82) is 0 Å². The van der Waals surface area contributed by atoms with Crippen LogP contribution in [-0.4, -0.2) is 54.9 Å². The van der Waals surface area contributed by atoms with Crippen LogP contribution >= 0.6 is 0 Å². The molecule has 122 valence electrons. The second-order valence-corrected chi connectivity index (χ2v) is 5.63. The van der Waals surface area contributed by atoms with E-state index in [1.165, 1.54) is 0 Å². The summed E-state index contributed by atoms with van der Waals surface area (Å²) in [4.78, 5) is 13.9. The maximum absolute atomic E-state index is 11.8. The number of aliphatic hydroxyl groups is 1. The number of likely N-dealkylation sites (tertiary alicyclic amines) is 1. The van der Waals surface area contributed by atoms with Crippen molar-refractivity contribution >= 4 is 5.97 Å². The molecule has 0 spiro atoms. The molecule has 1 aromatic rings. The molecule has 1 aliphatic heterocycles. The molecule has 5 nitrogen and oxygen atoms in total. The molecule has 0 amide bonds. The van der Waals surface area contributed by atoms with E-state index in [9.17, 15) is 9.90 Å². The van der Waals surface area contributed by atoms with E-state index in [1.807, 2.05) is 37.3 Å². The highest BCUT2D eigenvalue weighted by molar-refractivity contribution is 5.72. The topological polar surface area (TPSA) is 59.0 Å². The number of ether oxygens (including phenoxy) is 2. The fourth-order valence-electron chi connectivity index (χ4n) is 2.73. The number of carbonyl (C=O) groups excluding carboxylic acids is 1. The van der Waals surface area contributed by atoms with Crippen LogP contribution in [0.25, 0.3) is 0 Å². The van der Waals surface area contributed by atoms with Crippen molar-refractivity contribution in [1.82, 2.24) is 4.90 Å². The van der Waals surface area contributed by atoms with Gasteiger partial charge in [-0.3, -0.25) is 9.69 Å². The van der Waals surface area contributed by atoms with E-state index < -0.39 is 6.10 Å². The second kappa shape index (κ2) is 8.76. The first kappa shape index (κ1) is 16.8. The molecule has 0 radical (unpaired) electrons. The van der Waals surface area contributed by atoms with E-state index in [2.05, 4.69) is 4.90 Å². The van der Waals surface area contributed by atoms with Crippen molar-refractivity contribution in [2.45, 2.75) is 25.9 Å². The Morgan fingerprint density at radius 2 is 2.18 bits per heavy atom. The Kier molecular flexibility index (Phi) is 6.68. The van der Waals surface area contributed by atoms with Crippen LogP contribution in [0.15, 0.2) is 30.3 Å². The van der Waals surface area contributed by atoms with Gasteiger partial charge in [-0.2, -0.15) is 0 Å². The lowest BCUT2D eigenvalue weighted by molar-refractivity contribution is -0.150. The van der Waals surface area contributed by atoms with Crippen LogP contribution in [0, 0.1) is 5.92 Å². The van der Waals surface area contributed by atoms with Crippen LogP contribution in [0.5, 0.6) is 5.75 Å². The number of nitrogens with zero attached hydrogens (tertiary/aromatic N) is 1. The van der Waals surface area contributed by atoms with Gasteiger partial charge in [0.15, 0.2) is 0 Å². The molecule has 0 unspecified atom stereocenters. The largest absolute Gasteiger partial charge is 0.491 e. The minimum Gasteiger partial charge on any atom is -0.491 e. The minimum absolute atomic E-state index is 0.0732. The molecule has 0 aromatic heterocycles. The highest BCUT2D eigenvalue weighted by Gasteiger charge is 2.27. The number of piperidine rings is 1. The Hall–Kier alpha value is -1.59. The number of hydrogen-bond acceptors (Lipinski definition) is 5. The molecule has 1 aromatic carbocycles. The van der Waals surface area contributed by atoms with E-state index in [0.29, 0.717) is 19.7 Å². The lowest BCUT2D eigenvalue weighted by Gasteiger charge is -2.32. The molecule has 2 rings (SSSR count). The summed E-state index contributed by atoms with van der Waals surface area (Å²) in [5.41, 5.74) is 0. The molecule has 1 aliphatic rings. The molecule has 1 N–H and O–H groups in total. The number of esters is 1. The number of hydrogen-bond donors (Lipinski definition) is 1. The van der Waals surface area contributed by atoms with E-state index >= 15 is 0 Å². The van der Waals surface area contributed by atoms with E-state index in [-0.39, 0.29) is 18.5 Å². The Balaban J connectivity index is 1.73. The van der Waals surface area contributed by atoms with Gasteiger partial charge in [0.05, 0.1) is 12.5 Å². The summed E-state index contributed by atoms with van der Waals surface area (Å²) in [6.45, 7) is 4.57. The van der Waals surface area contributed by atoms with Crippen molar-refractivity contribution < 1.29 is 19.4 Å². The summed E-state index contributed by atoms with van der Waals surface area (Å²) < 4.78 is 10.6. The van der Waals surface area contributed by atoms with Crippen molar-refractivity contribution in [3.05, 3.63) is 30.3 Å². The van der Waals surface area contributed by atoms with E-state index in [0.717, 1.165) is 25.1 Å². The van der Waals surface area contributed by atoms with Gasteiger partial charge in [0.2, 0.25) is 0 Å². The third kappa shape index (κ3) is 5.31. The minimum atomic E-state index is -0.568. The maximum atomic E-state index is 11.8. The highest BCUT2D eigenvalue weighted by atomic mass is 16.5. The Morgan fingerprint density at radius 3 is 2.91 bits per heavy atom. The van der Waals surface area contributed by atoms with E-state index in [4.69, 9.17) is 9.47 Å². The summed E-state index contributed by atoms with van der Waals surface area (Å²) in [7, 11) is 0. The lowest BCUT2D eigenvalue weighted by Crippen LogP contribution is -2.44. The zero-order valence-electron chi connectivity index (χ0n) is 13.1. The number of para-hydroxylation sites is 1. The van der Waals surface area contributed by atoms with Crippen LogP contribution in [0.1, 0.15) is 19.8 Å². The molecule has 5 heteroatoms. The normalized spacial score (nSPS) is 20.4. The number of benzene rings is 1. The average Bonchev–Trinajstić information content (AvgIpc) is 2.54. The van der Waals surface area contributed by atoms with Gasteiger partial charge in [0.1, 0.15) is 18.5 Å². The third-order valence-electron chi connectivity index (χ3n) is 3.78. The van der Waals surface area contributed by atoms with Gasteiger partial charge in [0, 0.05) is 13.1 Å². The zero-order chi connectivity index (χ0) is 15.8. The predicted molar refractivity (Wildman–Crippen MR) is 83.7 cm³/mol. The van der Waals surface area contributed by atoms with Gasteiger partial charge >= 0.3 is 5.97 Å². The summed E-state index contributed by atoms with van der Waals surface area (Å²) in [6, 6.07) is 9.45. The zero-order valence-corrected chi connectivity index (χ0v) is 13.1. The molecule has 22 heavy (non-hydrogen) atoms. The number of β-amino-alcohol motifs (C(OH)–C–C–N with tert-alkyl or cyclic N) is 1. The fourth-order valence-corrected chi connectivity index (χ4v) is 2.73. The maximum Gasteiger partial charge on any atom is 0.310 e. The predicted octanol–water partition coefficient (Wildman–Crippen LogP) is 1.70. The van der Waals surface area contributed by atoms with Gasteiger partial charge in [-0.05, 0) is 38.4 Å². The molecule has 0 saturated carbocycles. The van der Waals surface area contributed by atoms with Gasteiger partial charge in [-0.1, -0.05) is 18.2 Å². The van der Waals surface area contributed by atoms with Gasteiger partial charge in [-0.25, -0.2) is 0 Å². The molecule has 1 fully saturated rings. The second-order valence-electron chi connectivity index (χ2n) is 5.63. The first-order chi connectivity index (χ1) is 10.7. The third-order valence-corrected chi connectivity index (χ3v) is 3.78. The summed E-state index contributed by atoms with van der Waals surface area (Å²) >= 11 is 0. The number of aliphatic hydroxyl groups excluding tert-OH is 1. The van der Waals surface area contributed by atoms with Crippen molar-refractivity contribution in [3.8, 4) is 5.75 Å². The Labute approximate surface area is 131 Å². The van der Waals surface area contributed by atoms with Crippen molar-refractivity contribution in [3.63, 3.8) is 0 Å². The van der Waals surface area contributed by atoms with Gasteiger partial charge < -0.3 is 14.6 Å². The van der Waals surface area contributed by atoms with Crippen LogP contribution in [0.2, 0.25) is 0 Å². The molecule has 2 atom stereocenters. The number of rotatable bonds is 7. The Morgan fingerprint density at radius 1 is 1.41 bits per heavy atom. The molecule has 1 heterocycles. The van der Waals surface area contributed by atoms with E-state index in [1.54, 1.807) is 0 Å². The van der Waals surface area contributed by atoms with Gasteiger partial charge in [0.25, 0.3) is 0 Å². The SMILES string of the molecule is CCOC(=O)[C@@H]1CCCN(C[C@H](O)COc2ccccc2)C1. The quantitative estimate of drug-likeness (QED) is 0.777. The molecule has 0 bridgehead atoms. The van der Waals surface area contributed by atoms with Crippen molar-refractivity contribution in [2.75, 3.05) is 32.8 Å². The van der Waals surface area contributed by atoms with Crippen LogP contribution < -0.4 is 4.74 Å². The lowest BCUT2D eigenvalue weighted by atomic mass is 9.98. The smallest absolute Gasteiger partial charge is 0.310 e. The first-order valence-corrected chi connectivity index (χ1v) is 7.94. The average molecular weight is 307 g/mol. The highest BCUT2D eigenvalue weighted by Crippen LogP contribution is 2.18. The summed E-state index contributed by atoms with van der Waals surface area (Å²) in [5.74, 6) is 0.558.